The van der Waals surface area contributed by atoms with E-state index in [4.69, 9.17) is 23.3 Å². The highest BCUT2D eigenvalue weighted by molar-refractivity contribution is 7.53. The van der Waals surface area contributed by atoms with Crippen molar-refractivity contribution in [1.82, 2.24) is 0 Å². The van der Waals surface area contributed by atoms with Gasteiger partial charge in [-0.1, -0.05) is 119 Å². The van der Waals surface area contributed by atoms with E-state index in [0.717, 1.165) is 41.0 Å². The fourth-order valence-electron chi connectivity index (χ4n) is 6.76. The number of ether oxygens (including phenoxy) is 3. The molecule has 2 atom stereocenters. The summed E-state index contributed by atoms with van der Waals surface area (Å²) in [6.07, 6.45) is 2.34. The average molecular weight is 872 g/mol. The second-order valence-electron chi connectivity index (χ2n) is 16.3. The number of rotatable bonds is 26. The predicted octanol–water partition coefficient (Wildman–Crippen LogP) is 12.1. The minimum Gasteiger partial charge on any atom is -0.434 e. The van der Waals surface area contributed by atoms with Crippen molar-refractivity contribution in [2.24, 2.45) is 11.8 Å². The molecule has 336 valence electrons. The number of nitrogens with zero attached hydrogens (tertiary/aromatic N) is 1. The van der Waals surface area contributed by atoms with Crippen LogP contribution in [0.5, 0.6) is 0 Å². The molecular formula is C49H66N3O9P. The van der Waals surface area contributed by atoms with Crippen LogP contribution in [0.15, 0.2) is 103 Å². The number of esters is 1. The van der Waals surface area contributed by atoms with Gasteiger partial charge in [-0.2, -0.15) is 0 Å². The van der Waals surface area contributed by atoms with Gasteiger partial charge in [-0.15, -0.1) is 0 Å². The van der Waals surface area contributed by atoms with Crippen LogP contribution in [0, 0.1) is 18.8 Å². The number of carbonyl (C=O) groups excluding carboxylic acids is 3. The lowest BCUT2D eigenvalue weighted by molar-refractivity contribution is -0.153. The fraction of sp³-hybridized carbons (Fsp3) is 0.449. The van der Waals surface area contributed by atoms with Crippen molar-refractivity contribution in [3.8, 4) is 0 Å². The molecule has 13 heteroatoms. The molecule has 0 saturated heterocycles. The van der Waals surface area contributed by atoms with E-state index in [2.05, 4.69) is 43.2 Å². The number of anilines is 3. The number of unbranched alkanes of at least 4 members (excludes halogenated alkanes) is 2. The minimum absolute atomic E-state index is 0.0452. The van der Waals surface area contributed by atoms with Gasteiger partial charge in [0, 0.05) is 18.8 Å². The largest absolute Gasteiger partial charge is 0.511 e. The molecule has 0 saturated carbocycles. The lowest BCUT2D eigenvalue weighted by Crippen LogP contribution is -2.32. The Labute approximate surface area is 368 Å². The topological polar surface area (TPSA) is 142 Å². The summed E-state index contributed by atoms with van der Waals surface area (Å²) in [5.41, 5.74) is 6.16. The van der Waals surface area contributed by atoms with Gasteiger partial charge in [0.1, 0.15) is 0 Å². The quantitative estimate of drug-likeness (QED) is 0.0271. The minimum atomic E-state index is -3.37. The normalized spacial score (nSPS) is 12.6. The van der Waals surface area contributed by atoms with E-state index in [1.165, 1.54) is 0 Å². The van der Waals surface area contributed by atoms with Gasteiger partial charge in [0.15, 0.2) is 0 Å². The Bertz CT molecular complexity index is 1940. The van der Waals surface area contributed by atoms with Gasteiger partial charge in [-0.25, -0.2) is 9.59 Å². The summed E-state index contributed by atoms with van der Waals surface area (Å²) in [4.78, 5) is 40.8. The van der Waals surface area contributed by atoms with Crippen molar-refractivity contribution >= 4 is 42.8 Å². The molecule has 12 nitrogen and oxygen atoms in total. The summed E-state index contributed by atoms with van der Waals surface area (Å²) in [7, 11) is -3.37. The Kier molecular flexibility index (Phi) is 21.0. The predicted molar refractivity (Wildman–Crippen MR) is 247 cm³/mol. The summed E-state index contributed by atoms with van der Waals surface area (Å²) in [5, 5.41) is 6.00. The summed E-state index contributed by atoms with van der Waals surface area (Å²) in [5.74, 6) is 0.0295. The van der Waals surface area contributed by atoms with Crippen molar-refractivity contribution in [2.75, 3.05) is 54.8 Å². The number of nitrogens with one attached hydrogen (secondary N) is 2. The second kappa shape index (κ2) is 26.3. The Morgan fingerprint density at radius 1 is 0.710 bits per heavy atom. The van der Waals surface area contributed by atoms with Crippen LogP contribution in [0.2, 0.25) is 0 Å². The molecule has 0 unspecified atom stereocenters. The van der Waals surface area contributed by atoms with Crippen LogP contribution in [0.3, 0.4) is 0 Å². The van der Waals surface area contributed by atoms with Crippen molar-refractivity contribution in [3.05, 3.63) is 125 Å². The summed E-state index contributed by atoms with van der Waals surface area (Å²) >= 11 is 0. The highest BCUT2D eigenvalue weighted by atomic mass is 31.2. The van der Waals surface area contributed by atoms with Gasteiger partial charge < -0.3 is 38.8 Å². The van der Waals surface area contributed by atoms with Gasteiger partial charge in [0.05, 0.1) is 43.8 Å². The highest BCUT2D eigenvalue weighted by Crippen LogP contribution is 2.49. The van der Waals surface area contributed by atoms with E-state index in [9.17, 15) is 18.9 Å². The molecule has 0 radical (unpaired) electrons. The molecule has 4 aromatic rings. The van der Waals surface area contributed by atoms with Crippen LogP contribution in [0.4, 0.5) is 26.7 Å². The van der Waals surface area contributed by atoms with E-state index in [1.807, 2.05) is 117 Å². The van der Waals surface area contributed by atoms with Crippen LogP contribution in [0.1, 0.15) is 94.9 Å². The number of aryl methyl sites for hydroxylation is 2. The molecule has 0 heterocycles. The van der Waals surface area contributed by atoms with E-state index in [1.54, 1.807) is 0 Å². The number of carbonyl (C=O) groups is 3. The Balaban J connectivity index is 1.22. The molecular weight excluding hydrogens is 806 g/mol. The van der Waals surface area contributed by atoms with Crippen LogP contribution in [0.25, 0.3) is 0 Å². The molecule has 0 spiro atoms. The molecule has 0 bridgehead atoms. The van der Waals surface area contributed by atoms with Crippen molar-refractivity contribution in [1.29, 1.82) is 0 Å². The molecule has 2 amide bonds. The van der Waals surface area contributed by atoms with E-state index in [-0.39, 0.29) is 44.4 Å². The van der Waals surface area contributed by atoms with Gasteiger partial charge in [0.25, 0.3) is 0 Å². The maximum atomic E-state index is 13.7. The van der Waals surface area contributed by atoms with Gasteiger partial charge >= 0.3 is 25.8 Å². The molecule has 0 fully saturated rings. The molecule has 0 aliphatic heterocycles. The molecule has 0 aliphatic carbocycles. The first-order chi connectivity index (χ1) is 29.8. The standard InChI is InChI=1S/C49H66N3O9P/c1-7-42(43-23-26-46(52(33-37(2)3)34-38(4)5)45(31-43)51-48(54)50-44-24-21-39(6)22-25-44)32-47(53)58-36-59-49(55)57-28-15-10-16-29-60-62(56,30-27-40-17-11-8-12-18-40)61-35-41-19-13-9-14-20-41/h8-9,11-14,17-26,31,37-38,42H,7,10,15-16,27-30,32-36H2,1-6H3,(H2,50,51,54)/t42-,62-/m0/s1. The number of amides is 2. The lowest BCUT2D eigenvalue weighted by atomic mass is 9.92. The monoisotopic (exact) mass is 871 g/mol. The van der Waals surface area contributed by atoms with Crippen LogP contribution in [-0.2, 0) is 45.6 Å². The summed E-state index contributed by atoms with van der Waals surface area (Å²) < 4.78 is 40.8. The Morgan fingerprint density at radius 3 is 2.00 bits per heavy atom. The van der Waals surface area contributed by atoms with E-state index >= 15 is 0 Å². The summed E-state index contributed by atoms with van der Waals surface area (Å²) in [6.45, 7) is 14.2. The van der Waals surface area contributed by atoms with Gasteiger partial charge in [-0.05, 0) is 97.7 Å². The zero-order chi connectivity index (χ0) is 44.7. The first-order valence-corrected chi connectivity index (χ1v) is 23.5. The second-order valence-corrected chi connectivity index (χ2v) is 18.5. The Hall–Kier alpha value is -5.16. The molecule has 0 aliphatic rings. The third-order valence-electron chi connectivity index (χ3n) is 9.95. The SMILES string of the molecule is CC[C@@H](CC(=O)OCOC(=O)OCCCCCO[P@@](=O)(CCc1ccccc1)OCc1ccccc1)c1ccc(N(CC(C)C)CC(C)C)c(NC(=O)Nc2ccc(C)cc2)c1. The smallest absolute Gasteiger partial charge is 0.434 e. The molecule has 4 aromatic carbocycles. The zero-order valence-corrected chi connectivity index (χ0v) is 38.2. The zero-order valence-electron chi connectivity index (χ0n) is 37.3. The number of urea groups is 1. The van der Waals surface area contributed by atoms with Crippen molar-refractivity contribution in [2.45, 2.75) is 92.6 Å². The number of hydrogen-bond donors (Lipinski definition) is 2. The lowest BCUT2D eigenvalue weighted by Gasteiger charge is -2.31. The maximum absolute atomic E-state index is 13.7. The third-order valence-corrected chi connectivity index (χ3v) is 11.8. The van der Waals surface area contributed by atoms with Crippen LogP contribution < -0.4 is 15.5 Å². The Morgan fingerprint density at radius 2 is 1.35 bits per heavy atom. The summed E-state index contributed by atoms with van der Waals surface area (Å²) in [6, 6.07) is 32.5. The number of benzene rings is 4. The fourth-order valence-corrected chi connectivity index (χ4v) is 8.38. The van der Waals surface area contributed by atoms with Gasteiger partial charge in [0.2, 0.25) is 6.79 Å². The third kappa shape index (κ3) is 18.4. The first kappa shape index (κ1) is 49.5. The number of hydrogen-bond acceptors (Lipinski definition) is 10. The van der Waals surface area contributed by atoms with E-state index in [0.29, 0.717) is 55.3 Å². The first-order valence-electron chi connectivity index (χ1n) is 21.8. The van der Waals surface area contributed by atoms with Crippen LogP contribution >= 0.6 is 7.60 Å². The van der Waals surface area contributed by atoms with Crippen molar-refractivity contribution < 1.29 is 42.2 Å². The van der Waals surface area contributed by atoms with Crippen LogP contribution in [-0.4, -0.2) is 57.4 Å². The molecule has 0 aromatic heterocycles. The molecule has 4 rings (SSSR count). The van der Waals surface area contributed by atoms with Gasteiger partial charge in [-0.3, -0.25) is 9.36 Å². The average Bonchev–Trinajstić information content (AvgIpc) is 3.25. The van der Waals surface area contributed by atoms with E-state index < -0.39 is 26.5 Å². The molecule has 62 heavy (non-hydrogen) atoms. The highest BCUT2D eigenvalue weighted by Gasteiger charge is 2.25. The maximum Gasteiger partial charge on any atom is 0.511 e. The molecule has 2 N–H and O–H groups in total. The van der Waals surface area contributed by atoms with Crippen molar-refractivity contribution in [3.63, 3.8) is 0 Å².